The first-order chi connectivity index (χ1) is 12.0. The highest BCUT2D eigenvalue weighted by atomic mass is 35.5. The van der Waals surface area contributed by atoms with Crippen LogP contribution in [0.3, 0.4) is 0 Å². The van der Waals surface area contributed by atoms with Crippen LogP contribution in [0, 0.1) is 13.8 Å². The van der Waals surface area contributed by atoms with Gasteiger partial charge in [-0.1, -0.05) is 17.4 Å². The third-order valence-electron chi connectivity index (χ3n) is 3.92. The summed E-state index contributed by atoms with van der Waals surface area (Å²) < 4.78 is 11.8. The Balaban J connectivity index is 0.00000243. The van der Waals surface area contributed by atoms with Gasteiger partial charge >= 0.3 is 0 Å². The minimum Gasteiger partial charge on any atom is -0.494 e. The summed E-state index contributed by atoms with van der Waals surface area (Å²) >= 11 is 1.54. The van der Waals surface area contributed by atoms with E-state index in [1.54, 1.807) is 4.90 Å². The van der Waals surface area contributed by atoms with Gasteiger partial charge in [-0.2, -0.15) is 0 Å². The molecule has 0 saturated heterocycles. The number of nitrogens with zero attached hydrogens (tertiary/aromatic N) is 3. The van der Waals surface area contributed by atoms with Crippen LogP contribution in [0.25, 0.3) is 10.2 Å². The van der Waals surface area contributed by atoms with Crippen LogP contribution >= 0.6 is 23.7 Å². The first-order valence-electron chi connectivity index (χ1n) is 8.24. The Bertz CT molecular complexity index is 819. The van der Waals surface area contributed by atoms with Crippen molar-refractivity contribution in [2.75, 3.05) is 45.3 Å². The van der Waals surface area contributed by atoms with Gasteiger partial charge in [0.15, 0.2) is 5.13 Å². The average molecular weight is 398 g/mol. The van der Waals surface area contributed by atoms with Crippen LogP contribution in [0.4, 0.5) is 5.13 Å². The minimum absolute atomic E-state index is 0. The Morgan fingerprint density at radius 1 is 1.23 bits per heavy atom. The fraction of sp³-hybridized carbons (Fsp3) is 0.444. The maximum Gasteiger partial charge on any atom is 0.298 e. The van der Waals surface area contributed by atoms with Gasteiger partial charge in [0.1, 0.15) is 19.5 Å². The van der Waals surface area contributed by atoms with E-state index in [9.17, 15) is 4.79 Å². The second-order valence-electron chi connectivity index (χ2n) is 6.39. The van der Waals surface area contributed by atoms with Gasteiger partial charge in [0.05, 0.1) is 10.2 Å². The highest BCUT2D eigenvalue weighted by molar-refractivity contribution is 7.22. The van der Waals surface area contributed by atoms with Gasteiger partial charge in [0, 0.05) is 13.1 Å². The number of rotatable bonds is 5. The third-order valence-corrected chi connectivity index (χ3v) is 5.15. The monoisotopic (exact) mass is 397 g/mol. The SMILES string of the molecule is Cc1cc(C)c2sc(N(CCN(C)C)C(=O)C3=COCCO3)nc2c1.Cl. The molecule has 0 aliphatic carbocycles. The first kappa shape index (κ1) is 20.5. The van der Waals surface area contributed by atoms with Crippen molar-refractivity contribution >= 4 is 45.0 Å². The predicted octanol–water partition coefficient (Wildman–Crippen LogP) is 3.12. The number of halogens is 1. The molecule has 2 aromatic rings. The second kappa shape index (κ2) is 8.70. The molecule has 0 unspecified atom stereocenters. The van der Waals surface area contributed by atoms with Crippen molar-refractivity contribution in [3.05, 3.63) is 35.3 Å². The summed E-state index contributed by atoms with van der Waals surface area (Å²) in [6.45, 7) is 6.24. The Kier molecular flexibility index (Phi) is 6.86. The molecule has 1 aromatic carbocycles. The van der Waals surface area contributed by atoms with Crippen LogP contribution in [0.5, 0.6) is 0 Å². The van der Waals surface area contributed by atoms with Gasteiger partial charge in [0.25, 0.3) is 5.91 Å². The molecule has 3 rings (SSSR count). The van der Waals surface area contributed by atoms with Gasteiger partial charge < -0.3 is 14.4 Å². The molecule has 142 valence electrons. The Morgan fingerprint density at radius 3 is 2.65 bits per heavy atom. The van der Waals surface area contributed by atoms with Crippen LogP contribution in [-0.4, -0.2) is 56.2 Å². The lowest BCUT2D eigenvalue weighted by Crippen LogP contribution is -2.38. The number of likely N-dealkylation sites (N-methyl/N-ethyl adjacent to an activating group) is 1. The number of hydrogen-bond acceptors (Lipinski definition) is 6. The van der Waals surface area contributed by atoms with Crippen molar-refractivity contribution in [2.45, 2.75) is 13.8 Å². The molecule has 1 amide bonds. The summed E-state index contributed by atoms with van der Waals surface area (Å²) in [5.74, 6) is 0.0205. The van der Waals surface area contributed by atoms with Gasteiger partial charge in [-0.05, 0) is 45.1 Å². The van der Waals surface area contributed by atoms with E-state index in [0.717, 1.165) is 16.8 Å². The van der Waals surface area contributed by atoms with Crippen LogP contribution in [0.15, 0.2) is 24.2 Å². The number of anilines is 1. The number of aryl methyl sites for hydroxylation is 2. The average Bonchev–Trinajstić information content (AvgIpc) is 2.99. The third kappa shape index (κ3) is 4.47. The van der Waals surface area contributed by atoms with Gasteiger partial charge in [0.2, 0.25) is 5.76 Å². The van der Waals surface area contributed by atoms with Crippen molar-refractivity contribution in [3.63, 3.8) is 0 Å². The smallest absolute Gasteiger partial charge is 0.298 e. The summed E-state index contributed by atoms with van der Waals surface area (Å²) in [6, 6.07) is 4.19. The lowest BCUT2D eigenvalue weighted by Gasteiger charge is -2.24. The molecular formula is C18H24ClN3O3S. The summed E-state index contributed by atoms with van der Waals surface area (Å²) in [7, 11) is 3.96. The molecule has 2 heterocycles. The fourth-order valence-corrected chi connectivity index (χ4v) is 3.72. The molecule has 26 heavy (non-hydrogen) atoms. The number of ether oxygens (including phenoxy) is 2. The van der Waals surface area contributed by atoms with Crippen molar-refractivity contribution in [2.24, 2.45) is 0 Å². The van der Waals surface area contributed by atoms with Crippen LogP contribution < -0.4 is 4.90 Å². The predicted molar refractivity (Wildman–Crippen MR) is 107 cm³/mol. The Labute approximate surface area is 163 Å². The number of benzene rings is 1. The molecular weight excluding hydrogens is 374 g/mol. The van der Waals surface area contributed by atoms with Crippen LogP contribution in [-0.2, 0) is 14.3 Å². The zero-order valence-electron chi connectivity index (χ0n) is 15.4. The molecule has 8 heteroatoms. The maximum absolute atomic E-state index is 12.9. The molecule has 0 spiro atoms. The highest BCUT2D eigenvalue weighted by Crippen LogP contribution is 2.32. The molecule has 6 nitrogen and oxygen atoms in total. The number of hydrogen-bond donors (Lipinski definition) is 0. The normalized spacial score (nSPS) is 13.7. The van der Waals surface area contributed by atoms with E-state index in [1.807, 2.05) is 19.0 Å². The molecule has 0 bridgehead atoms. The van der Waals surface area contributed by atoms with Crippen molar-refractivity contribution in [3.8, 4) is 0 Å². The van der Waals surface area contributed by atoms with Crippen LogP contribution in [0.2, 0.25) is 0 Å². The standard InChI is InChI=1S/C18H23N3O3S.ClH/c1-12-9-13(2)16-14(10-12)19-18(25-16)21(6-5-20(3)4)17(22)15-11-23-7-8-24-15;/h9-11H,5-8H2,1-4H3;1H. The molecule has 1 aliphatic rings. The van der Waals surface area contributed by atoms with E-state index >= 15 is 0 Å². The van der Waals surface area contributed by atoms with Gasteiger partial charge in [-0.25, -0.2) is 4.98 Å². The second-order valence-corrected chi connectivity index (χ2v) is 7.37. The summed E-state index contributed by atoms with van der Waals surface area (Å²) in [6.07, 6.45) is 1.40. The molecule has 1 aliphatic heterocycles. The van der Waals surface area contributed by atoms with E-state index in [-0.39, 0.29) is 24.1 Å². The Morgan fingerprint density at radius 2 is 2.00 bits per heavy atom. The summed E-state index contributed by atoms with van der Waals surface area (Å²) in [5.41, 5.74) is 3.27. The quantitative estimate of drug-likeness (QED) is 0.775. The zero-order valence-corrected chi connectivity index (χ0v) is 17.1. The van der Waals surface area contributed by atoms with E-state index in [2.05, 4.69) is 26.0 Å². The number of thiazole rings is 1. The zero-order chi connectivity index (χ0) is 18.0. The summed E-state index contributed by atoms with van der Waals surface area (Å²) in [4.78, 5) is 21.4. The minimum atomic E-state index is -0.213. The fourth-order valence-electron chi connectivity index (χ4n) is 2.68. The number of carbonyl (C=O) groups excluding carboxylic acids is 1. The molecule has 0 saturated carbocycles. The van der Waals surface area contributed by atoms with Crippen molar-refractivity contribution < 1.29 is 14.3 Å². The highest BCUT2D eigenvalue weighted by Gasteiger charge is 2.26. The van der Waals surface area contributed by atoms with E-state index in [4.69, 9.17) is 14.5 Å². The lowest BCUT2D eigenvalue weighted by molar-refractivity contribution is -0.119. The topological polar surface area (TPSA) is 54.9 Å². The Hall–Kier alpha value is -1.83. The van der Waals surface area contributed by atoms with Gasteiger partial charge in [-0.3, -0.25) is 9.69 Å². The largest absolute Gasteiger partial charge is 0.494 e. The van der Waals surface area contributed by atoms with Crippen molar-refractivity contribution in [1.29, 1.82) is 0 Å². The summed E-state index contributed by atoms with van der Waals surface area (Å²) in [5, 5.41) is 0.686. The molecule has 0 N–H and O–H groups in total. The number of aromatic nitrogens is 1. The lowest BCUT2D eigenvalue weighted by atomic mass is 10.1. The number of carbonyl (C=O) groups is 1. The molecule has 0 atom stereocenters. The maximum atomic E-state index is 12.9. The molecule has 0 fully saturated rings. The first-order valence-corrected chi connectivity index (χ1v) is 9.06. The molecule has 0 radical (unpaired) electrons. The number of amides is 1. The number of fused-ring (bicyclic) bond motifs is 1. The molecule has 1 aromatic heterocycles. The van der Waals surface area contributed by atoms with E-state index in [1.165, 1.54) is 28.7 Å². The van der Waals surface area contributed by atoms with Crippen molar-refractivity contribution in [1.82, 2.24) is 9.88 Å². The van der Waals surface area contributed by atoms with Crippen LogP contribution in [0.1, 0.15) is 11.1 Å². The van der Waals surface area contributed by atoms with Gasteiger partial charge in [-0.15, -0.1) is 12.4 Å². The van der Waals surface area contributed by atoms with E-state index < -0.39 is 0 Å². The van der Waals surface area contributed by atoms with E-state index in [0.29, 0.717) is 24.9 Å².